The van der Waals surface area contributed by atoms with Crippen LogP contribution in [0.25, 0.3) is 0 Å². The highest BCUT2D eigenvalue weighted by molar-refractivity contribution is 6.02. The number of amides is 1. The summed E-state index contributed by atoms with van der Waals surface area (Å²) in [6.07, 6.45) is 6.67. The van der Waals surface area contributed by atoms with E-state index in [1.54, 1.807) is 30.6 Å². The molecule has 0 spiro atoms. The van der Waals surface area contributed by atoms with Crippen molar-refractivity contribution >= 4 is 17.4 Å². The molecule has 1 aliphatic heterocycles. The number of nitrogens with zero attached hydrogens (tertiary/aromatic N) is 4. The van der Waals surface area contributed by atoms with E-state index in [-0.39, 0.29) is 5.91 Å². The number of hydrogen-bond acceptors (Lipinski definition) is 5. The number of carbonyl (C=O) groups excluding carboxylic acids is 1. The SMILES string of the molecule is O=C(Nc1cccnc1)c1ccc(N2CCC(Cc3ccccc3)CC2)nn1. The standard InChI is InChI=1S/C22H23N5O/c28-22(24-19-7-4-12-23-16-19)20-8-9-21(26-25-20)27-13-10-18(11-14-27)15-17-5-2-1-3-6-17/h1-9,12,16,18H,10-11,13-15H2,(H,24,28). The van der Waals surface area contributed by atoms with Gasteiger partial charge >= 0.3 is 0 Å². The topological polar surface area (TPSA) is 71.0 Å². The molecule has 1 aliphatic rings. The van der Waals surface area contributed by atoms with Gasteiger partial charge in [0.05, 0.1) is 11.9 Å². The molecule has 3 heterocycles. The number of benzene rings is 1. The summed E-state index contributed by atoms with van der Waals surface area (Å²) in [6, 6.07) is 17.8. The lowest BCUT2D eigenvalue weighted by Crippen LogP contribution is -2.35. The molecule has 6 heteroatoms. The van der Waals surface area contributed by atoms with Crippen LogP contribution in [0.4, 0.5) is 11.5 Å². The van der Waals surface area contributed by atoms with Gasteiger partial charge in [-0.1, -0.05) is 30.3 Å². The van der Waals surface area contributed by atoms with Crippen LogP contribution in [-0.4, -0.2) is 34.2 Å². The Morgan fingerprint density at radius 3 is 2.50 bits per heavy atom. The fourth-order valence-electron chi connectivity index (χ4n) is 3.56. The number of aromatic nitrogens is 3. The van der Waals surface area contributed by atoms with Crippen LogP contribution in [0.15, 0.2) is 67.0 Å². The highest BCUT2D eigenvalue weighted by Gasteiger charge is 2.21. The zero-order chi connectivity index (χ0) is 19.2. The van der Waals surface area contributed by atoms with E-state index >= 15 is 0 Å². The first-order chi connectivity index (χ1) is 13.8. The van der Waals surface area contributed by atoms with Crippen molar-refractivity contribution in [2.45, 2.75) is 19.3 Å². The van der Waals surface area contributed by atoms with E-state index < -0.39 is 0 Å². The maximum atomic E-state index is 12.3. The molecule has 0 saturated carbocycles. The summed E-state index contributed by atoms with van der Waals surface area (Å²) in [5.74, 6) is 1.25. The minimum atomic E-state index is -0.284. The second kappa shape index (κ2) is 8.61. The Balaban J connectivity index is 1.31. The number of hydrogen-bond donors (Lipinski definition) is 1. The maximum Gasteiger partial charge on any atom is 0.276 e. The van der Waals surface area contributed by atoms with E-state index in [4.69, 9.17) is 0 Å². The largest absolute Gasteiger partial charge is 0.355 e. The summed E-state index contributed by atoms with van der Waals surface area (Å²) in [7, 11) is 0. The summed E-state index contributed by atoms with van der Waals surface area (Å²) < 4.78 is 0. The highest BCUT2D eigenvalue weighted by atomic mass is 16.1. The van der Waals surface area contributed by atoms with Gasteiger partial charge in [-0.05, 0) is 55.0 Å². The zero-order valence-electron chi connectivity index (χ0n) is 15.7. The number of piperidine rings is 1. The third-order valence-electron chi connectivity index (χ3n) is 5.11. The molecule has 3 aromatic rings. The Labute approximate surface area is 164 Å². The Kier molecular flexibility index (Phi) is 5.56. The molecule has 0 atom stereocenters. The van der Waals surface area contributed by atoms with Gasteiger partial charge in [-0.2, -0.15) is 0 Å². The summed E-state index contributed by atoms with van der Waals surface area (Å²) in [6.45, 7) is 1.93. The van der Waals surface area contributed by atoms with Crippen molar-refractivity contribution < 1.29 is 4.79 Å². The van der Waals surface area contributed by atoms with Crippen LogP contribution < -0.4 is 10.2 Å². The molecule has 1 fully saturated rings. The van der Waals surface area contributed by atoms with Crippen LogP contribution in [0.2, 0.25) is 0 Å². The van der Waals surface area contributed by atoms with E-state index in [0.717, 1.165) is 38.2 Å². The predicted molar refractivity (Wildman–Crippen MR) is 109 cm³/mol. The van der Waals surface area contributed by atoms with Crippen molar-refractivity contribution in [2.24, 2.45) is 5.92 Å². The normalized spacial score (nSPS) is 14.6. The lowest BCUT2D eigenvalue weighted by molar-refractivity contribution is 0.102. The summed E-state index contributed by atoms with van der Waals surface area (Å²) in [5.41, 5.74) is 2.34. The number of pyridine rings is 1. The number of rotatable bonds is 5. The Hall–Kier alpha value is -3.28. The molecule has 0 unspecified atom stereocenters. The van der Waals surface area contributed by atoms with Crippen LogP contribution in [0, 0.1) is 5.92 Å². The Morgan fingerprint density at radius 2 is 1.82 bits per heavy atom. The smallest absolute Gasteiger partial charge is 0.276 e. The molecule has 28 heavy (non-hydrogen) atoms. The molecular weight excluding hydrogens is 350 g/mol. The molecule has 0 bridgehead atoms. The van der Waals surface area contributed by atoms with Crippen molar-refractivity contribution in [1.82, 2.24) is 15.2 Å². The van der Waals surface area contributed by atoms with Gasteiger partial charge in [-0.25, -0.2) is 0 Å². The number of anilines is 2. The first kappa shape index (κ1) is 18.1. The fraction of sp³-hybridized carbons (Fsp3) is 0.273. The van der Waals surface area contributed by atoms with Crippen molar-refractivity contribution in [3.8, 4) is 0 Å². The highest BCUT2D eigenvalue weighted by Crippen LogP contribution is 2.24. The average molecular weight is 373 g/mol. The fourth-order valence-corrected chi connectivity index (χ4v) is 3.56. The Bertz CT molecular complexity index is 891. The van der Waals surface area contributed by atoms with Crippen molar-refractivity contribution in [3.05, 3.63) is 78.2 Å². The first-order valence-corrected chi connectivity index (χ1v) is 9.62. The summed E-state index contributed by atoms with van der Waals surface area (Å²) in [5, 5.41) is 11.2. The van der Waals surface area contributed by atoms with Gasteiger partial charge in [0.1, 0.15) is 0 Å². The molecule has 1 amide bonds. The van der Waals surface area contributed by atoms with Gasteiger partial charge in [0, 0.05) is 19.3 Å². The molecule has 2 aromatic heterocycles. The van der Waals surface area contributed by atoms with Crippen LogP contribution in [0.5, 0.6) is 0 Å². The summed E-state index contributed by atoms with van der Waals surface area (Å²) >= 11 is 0. The lowest BCUT2D eigenvalue weighted by atomic mass is 9.90. The van der Waals surface area contributed by atoms with Crippen LogP contribution in [0.3, 0.4) is 0 Å². The molecule has 0 radical (unpaired) electrons. The second-order valence-corrected chi connectivity index (χ2v) is 7.09. The molecule has 1 N–H and O–H groups in total. The van der Waals surface area contributed by atoms with Gasteiger partial charge in [-0.3, -0.25) is 9.78 Å². The summed E-state index contributed by atoms with van der Waals surface area (Å²) in [4.78, 5) is 18.5. The lowest BCUT2D eigenvalue weighted by Gasteiger charge is -2.32. The molecule has 0 aliphatic carbocycles. The van der Waals surface area contributed by atoms with Crippen LogP contribution in [0.1, 0.15) is 28.9 Å². The van der Waals surface area contributed by atoms with E-state index in [0.29, 0.717) is 17.3 Å². The van der Waals surface area contributed by atoms with Crippen LogP contribution in [-0.2, 0) is 6.42 Å². The molecule has 4 rings (SSSR count). The van der Waals surface area contributed by atoms with E-state index in [9.17, 15) is 4.79 Å². The minimum Gasteiger partial charge on any atom is -0.355 e. The third kappa shape index (κ3) is 4.52. The Morgan fingerprint density at radius 1 is 1.00 bits per heavy atom. The predicted octanol–water partition coefficient (Wildman–Crippen LogP) is 3.58. The van der Waals surface area contributed by atoms with Crippen LogP contribution >= 0.6 is 0 Å². The minimum absolute atomic E-state index is 0.284. The van der Waals surface area contributed by atoms with E-state index in [2.05, 4.69) is 55.7 Å². The first-order valence-electron chi connectivity index (χ1n) is 9.62. The van der Waals surface area contributed by atoms with Crippen molar-refractivity contribution in [3.63, 3.8) is 0 Å². The van der Waals surface area contributed by atoms with Gasteiger partial charge < -0.3 is 10.2 Å². The van der Waals surface area contributed by atoms with Crippen molar-refractivity contribution in [1.29, 1.82) is 0 Å². The quantitative estimate of drug-likeness (QED) is 0.740. The van der Waals surface area contributed by atoms with Gasteiger partial charge in [0.15, 0.2) is 11.5 Å². The number of nitrogens with one attached hydrogen (secondary N) is 1. The van der Waals surface area contributed by atoms with Gasteiger partial charge in [0.2, 0.25) is 0 Å². The molecule has 1 aromatic carbocycles. The molecule has 142 valence electrons. The zero-order valence-corrected chi connectivity index (χ0v) is 15.7. The average Bonchev–Trinajstić information content (AvgIpc) is 2.76. The number of carbonyl (C=O) groups is 1. The van der Waals surface area contributed by atoms with E-state index in [1.807, 2.05) is 6.07 Å². The van der Waals surface area contributed by atoms with Gasteiger partial charge in [0.25, 0.3) is 5.91 Å². The second-order valence-electron chi connectivity index (χ2n) is 7.09. The maximum absolute atomic E-state index is 12.3. The van der Waals surface area contributed by atoms with E-state index in [1.165, 1.54) is 5.56 Å². The van der Waals surface area contributed by atoms with Crippen molar-refractivity contribution in [2.75, 3.05) is 23.3 Å². The molecule has 1 saturated heterocycles. The molecular formula is C22H23N5O. The van der Waals surface area contributed by atoms with Gasteiger partial charge in [-0.15, -0.1) is 10.2 Å². The third-order valence-corrected chi connectivity index (χ3v) is 5.11. The monoisotopic (exact) mass is 373 g/mol. The molecule has 6 nitrogen and oxygen atoms in total.